The number of halogens is 3. The van der Waals surface area contributed by atoms with E-state index in [0.717, 1.165) is 19.6 Å². The maximum atomic E-state index is 13.4. The summed E-state index contributed by atoms with van der Waals surface area (Å²) < 4.78 is 69.2. The zero-order valence-electron chi connectivity index (χ0n) is 34.5. The third kappa shape index (κ3) is 16.6. The molecule has 3 aromatic carbocycles. The van der Waals surface area contributed by atoms with Crippen LogP contribution in [0.15, 0.2) is 79.1 Å². The number of piperazine rings is 1. The van der Waals surface area contributed by atoms with E-state index in [-0.39, 0.29) is 17.6 Å². The average molecular weight is 869 g/mol. The van der Waals surface area contributed by atoms with Crippen LogP contribution in [0.1, 0.15) is 26.3 Å². The first kappa shape index (κ1) is 47.9. The fourth-order valence-electron chi connectivity index (χ4n) is 6.26. The molecule has 0 aliphatic carbocycles. The first-order chi connectivity index (χ1) is 29.9. The van der Waals surface area contributed by atoms with Crippen molar-refractivity contribution >= 4 is 35.9 Å². The highest BCUT2D eigenvalue weighted by Gasteiger charge is 2.31. The summed E-state index contributed by atoms with van der Waals surface area (Å²) in [5, 5.41) is 24.4. The molecule has 62 heavy (non-hydrogen) atoms. The number of hydrogen-bond acceptors (Lipinski definition) is 14. The summed E-state index contributed by atoms with van der Waals surface area (Å²) in [6.07, 6.45) is -3.40. The number of alkyl halides is 3. The highest BCUT2D eigenvalue weighted by atomic mass is 19.4. The fourth-order valence-corrected chi connectivity index (χ4v) is 6.26. The topological polar surface area (TPSA) is 186 Å². The molecule has 1 aliphatic heterocycles. The number of carbonyl (C=O) groups excluding carboxylic acids is 2. The van der Waals surface area contributed by atoms with Crippen molar-refractivity contribution in [2.75, 3.05) is 111 Å². The van der Waals surface area contributed by atoms with Gasteiger partial charge in [0.05, 0.1) is 71.8 Å². The van der Waals surface area contributed by atoms with Crippen LogP contribution in [0.3, 0.4) is 0 Å². The van der Waals surface area contributed by atoms with Gasteiger partial charge in [0.2, 0.25) is 0 Å². The zero-order valence-corrected chi connectivity index (χ0v) is 34.5. The van der Waals surface area contributed by atoms with Crippen LogP contribution in [-0.4, -0.2) is 160 Å². The predicted octanol–water partition coefficient (Wildman–Crippen LogP) is 3.04. The Hall–Kier alpha value is -5.19. The third-order valence-electron chi connectivity index (χ3n) is 9.47. The molecule has 1 aliphatic rings. The van der Waals surface area contributed by atoms with Crippen LogP contribution in [0.2, 0.25) is 0 Å². The molecule has 0 atom stereocenters. The summed E-state index contributed by atoms with van der Waals surface area (Å²) in [6.45, 7) is 9.65. The van der Waals surface area contributed by atoms with Gasteiger partial charge >= 0.3 is 13.5 Å². The highest BCUT2D eigenvalue weighted by Crippen LogP contribution is 2.26. The maximum Gasteiger partial charge on any atom is 0.573 e. The number of carbonyl (C=O) groups is 2. The fraction of sp³-hybridized carbons (Fsp3) is 0.429. The monoisotopic (exact) mass is 868 g/mol. The Morgan fingerprint density at radius 2 is 1.37 bits per heavy atom. The second-order valence-corrected chi connectivity index (χ2v) is 14.0. The molecule has 1 saturated heterocycles. The molecular formula is C42H52BF3N6O10. The van der Waals surface area contributed by atoms with Crippen molar-refractivity contribution in [3.8, 4) is 17.0 Å². The van der Waals surface area contributed by atoms with E-state index < -0.39 is 13.5 Å². The lowest BCUT2D eigenvalue weighted by atomic mass is 9.77. The first-order valence-electron chi connectivity index (χ1n) is 20.2. The Morgan fingerprint density at radius 3 is 1.98 bits per heavy atom. The van der Waals surface area contributed by atoms with Gasteiger partial charge in [0, 0.05) is 67.7 Å². The van der Waals surface area contributed by atoms with Crippen LogP contribution in [0.25, 0.3) is 11.3 Å². The Labute approximate surface area is 358 Å². The third-order valence-corrected chi connectivity index (χ3v) is 9.47. The van der Waals surface area contributed by atoms with E-state index in [1.54, 1.807) is 43.3 Å². The number of aryl methyl sites for hydroxylation is 1. The second kappa shape index (κ2) is 25.1. The standard InChI is InChI=1S/C42H52BF3N6O10/c1-31-27-33(5-10-37(31)43(55)56)40(53)47-11-17-57-19-21-59-23-25-61-26-24-60-22-20-58-18-16-51-12-14-52(15-13-51)41(54)34-4-2-3-32(28-34)38-29-39(49-30-48-38)50-35-6-8-36(9-7-35)62-42(44,45)46/h2-10,27-30,55-56H,11-26H2,1H3,(H,47,53)(H,48,49,50). The molecule has 2 heterocycles. The quantitative estimate of drug-likeness (QED) is 0.0563. The van der Waals surface area contributed by atoms with Crippen LogP contribution in [0, 0.1) is 6.92 Å². The van der Waals surface area contributed by atoms with Crippen LogP contribution >= 0.6 is 0 Å². The molecule has 0 radical (unpaired) electrons. The van der Waals surface area contributed by atoms with Crippen molar-refractivity contribution in [1.82, 2.24) is 25.1 Å². The van der Waals surface area contributed by atoms with Gasteiger partial charge < -0.3 is 54.0 Å². The van der Waals surface area contributed by atoms with Crippen LogP contribution in [0.4, 0.5) is 24.7 Å². The highest BCUT2D eigenvalue weighted by molar-refractivity contribution is 6.59. The van der Waals surface area contributed by atoms with Gasteiger partial charge in [-0.1, -0.05) is 23.8 Å². The molecule has 0 unspecified atom stereocenters. The number of hydrogen-bond donors (Lipinski definition) is 4. The van der Waals surface area contributed by atoms with E-state index in [2.05, 4.69) is 30.2 Å². The Morgan fingerprint density at radius 1 is 0.742 bits per heavy atom. The summed E-state index contributed by atoms with van der Waals surface area (Å²) in [4.78, 5) is 38.3. The van der Waals surface area contributed by atoms with Gasteiger partial charge in [0.25, 0.3) is 11.8 Å². The van der Waals surface area contributed by atoms with E-state index in [9.17, 15) is 32.8 Å². The molecule has 16 nitrogen and oxygen atoms in total. The molecule has 5 rings (SSSR count). The average Bonchev–Trinajstić information content (AvgIpc) is 3.26. The van der Waals surface area contributed by atoms with Gasteiger partial charge in [-0.25, -0.2) is 9.97 Å². The van der Waals surface area contributed by atoms with Crippen molar-refractivity contribution in [2.45, 2.75) is 13.3 Å². The minimum absolute atomic E-state index is 0.0743. The number of aromatic nitrogens is 2. The van der Waals surface area contributed by atoms with Crippen molar-refractivity contribution in [3.05, 3.63) is 95.8 Å². The van der Waals surface area contributed by atoms with E-state index in [4.69, 9.17) is 23.7 Å². The van der Waals surface area contributed by atoms with Crippen LogP contribution in [0.5, 0.6) is 5.75 Å². The summed E-state index contributed by atoms with van der Waals surface area (Å²) in [6, 6.07) is 18.9. The SMILES string of the molecule is Cc1cc(C(=O)NCCOCCOCCOCCOCCOCCN2CCN(C(=O)c3cccc(-c4cc(Nc5ccc(OC(F)(F)F)cc5)ncn4)c3)CC2)ccc1B(O)O. The summed E-state index contributed by atoms with van der Waals surface area (Å²) >= 11 is 0. The lowest BCUT2D eigenvalue weighted by molar-refractivity contribution is -0.274. The summed E-state index contributed by atoms with van der Waals surface area (Å²) in [5.41, 5.74) is 3.74. The van der Waals surface area contributed by atoms with Crippen molar-refractivity contribution in [3.63, 3.8) is 0 Å². The molecule has 0 bridgehead atoms. The van der Waals surface area contributed by atoms with Gasteiger partial charge in [0.1, 0.15) is 17.9 Å². The molecule has 4 aromatic rings. The molecule has 334 valence electrons. The summed E-state index contributed by atoms with van der Waals surface area (Å²) in [5.74, 6) is -0.246. The van der Waals surface area contributed by atoms with E-state index in [1.165, 1.54) is 36.7 Å². The lowest BCUT2D eigenvalue weighted by Gasteiger charge is -2.34. The van der Waals surface area contributed by atoms with Gasteiger partial charge in [0.15, 0.2) is 0 Å². The number of benzene rings is 3. The molecular weight excluding hydrogens is 816 g/mol. The Kier molecular flexibility index (Phi) is 19.3. The Balaban J connectivity index is 0.843. The first-order valence-corrected chi connectivity index (χ1v) is 20.2. The summed E-state index contributed by atoms with van der Waals surface area (Å²) in [7, 11) is -1.58. The molecule has 1 fully saturated rings. The number of amides is 2. The number of rotatable bonds is 25. The van der Waals surface area contributed by atoms with Crippen molar-refractivity contribution in [2.24, 2.45) is 0 Å². The molecule has 0 spiro atoms. The smallest absolute Gasteiger partial charge is 0.423 e. The van der Waals surface area contributed by atoms with E-state index in [1.807, 2.05) is 11.0 Å². The maximum absolute atomic E-state index is 13.4. The van der Waals surface area contributed by atoms with Crippen molar-refractivity contribution < 1.29 is 61.2 Å². The number of ether oxygens (including phenoxy) is 6. The van der Waals surface area contributed by atoms with Gasteiger partial charge in [-0.3, -0.25) is 14.5 Å². The molecule has 2 amide bonds. The second-order valence-electron chi connectivity index (χ2n) is 14.0. The van der Waals surface area contributed by atoms with E-state index >= 15 is 0 Å². The lowest BCUT2D eigenvalue weighted by Crippen LogP contribution is -2.49. The van der Waals surface area contributed by atoms with Crippen LogP contribution in [-0.2, 0) is 23.7 Å². The minimum atomic E-state index is -4.77. The largest absolute Gasteiger partial charge is 0.573 e. The normalized spacial score (nSPS) is 13.2. The van der Waals surface area contributed by atoms with Gasteiger partial charge in [-0.2, -0.15) is 0 Å². The molecule has 4 N–H and O–H groups in total. The zero-order chi connectivity index (χ0) is 44.2. The molecule has 20 heteroatoms. The van der Waals surface area contributed by atoms with Crippen molar-refractivity contribution in [1.29, 1.82) is 0 Å². The van der Waals surface area contributed by atoms with Crippen LogP contribution < -0.4 is 20.8 Å². The predicted molar refractivity (Wildman–Crippen MR) is 224 cm³/mol. The van der Waals surface area contributed by atoms with Gasteiger partial charge in [-0.15, -0.1) is 13.2 Å². The minimum Gasteiger partial charge on any atom is -0.423 e. The molecule has 1 aromatic heterocycles. The molecule has 0 saturated carbocycles. The number of nitrogens with zero attached hydrogens (tertiary/aromatic N) is 4. The van der Waals surface area contributed by atoms with Gasteiger partial charge in [-0.05, 0) is 60.9 Å². The number of nitrogens with one attached hydrogen (secondary N) is 2. The number of anilines is 2. The Bertz CT molecular complexity index is 1990. The van der Waals surface area contributed by atoms with E-state index in [0.29, 0.717) is 131 Å².